The zero-order valence-electron chi connectivity index (χ0n) is 26.4. The summed E-state index contributed by atoms with van der Waals surface area (Å²) in [5, 5.41) is 2.67. The molecule has 9 rings (SSSR count). The van der Waals surface area contributed by atoms with Crippen LogP contribution in [0.1, 0.15) is 25.0 Å². The summed E-state index contributed by atoms with van der Waals surface area (Å²) >= 11 is 1.87. The normalized spacial score (nSPS) is 13.1. The lowest BCUT2D eigenvalue weighted by Crippen LogP contribution is -2.16. The number of rotatable bonds is 5. The minimum absolute atomic E-state index is 0.0696. The largest absolute Gasteiger partial charge is 0.310 e. The molecule has 0 atom stereocenters. The molecule has 7 aromatic carbocycles. The van der Waals surface area contributed by atoms with Crippen LogP contribution >= 0.6 is 11.3 Å². The molecule has 0 spiro atoms. The summed E-state index contributed by atoms with van der Waals surface area (Å²) in [4.78, 5) is 2.44. The van der Waals surface area contributed by atoms with Gasteiger partial charge in [-0.05, 0) is 81.4 Å². The molecule has 1 aliphatic rings. The van der Waals surface area contributed by atoms with Crippen molar-refractivity contribution < 1.29 is 0 Å². The van der Waals surface area contributed by atoms with Crippen molar-refractivity contribution in [2.75, 3.05) is 4.90 Å². The van der Waals surface area contributed by atoms with Gasteiger partial charge in [-0.2, -0.15) is 0 Å². The van der Waals surface area contributed by atoms with Crippen molar-refractivity contribution in [3.63, 3.8) is 0 Å². The second-order valence-corrected chi connectivity index (χ2v) is 14.1. The van der Waals surface area contributed by atoms with Gasteiger partial charge in [0.1, 0.15) is 0 Å². The van der Waals surface area contributed by atoms with Crippen molar-refractivity contribution in [2.45, 2.75) is 19.3 Å². The van der Waals surface area contributed by atoms with E-state index in [0.29, 0.717) is 0 Å². The Morgan fingerprint density at radius 1 is 0.447 bits per heavy atom. The molecule has 0 N–H and O–H groups in total. The quantitative estimate of drug-likeness (QED) is 0.185. The van der Waals surface area contributed by atoms with Crippen LogP contribution in [0.4, 0.5) is 17.1 Å². The summed E-state index contributed by atoms with van der Waals surface area (Å²) in [5.41, 5.74) is 13.7. The SMILES string of the molecule is CC1(C)c2ccccc2-c2c(N(c3ccc(-c4ccccc4)cc3)c3ccc(-c4ccc5c(c4)sc4ccccc45)cc3)cccc21. The fraction of sp³-hybridized carbons (Fsp3) is 0.0667. The molecule has 0 fully saturated rings. The van der Waals surface area contributed by atoms with Gasteiger partial charge in [-0.3, -0.25) is 0 Å². The molecule has 1 heterocycles. The van der Waals surface area contributed by atoms with Crippen molar-refractivity contribution in [1.29, 1.82) is 0 Å². The highest BCUT2D eigenvalue weighted by Gasteiger charge is 2.37. The first-order valence-electron chi connectivity index (χ1n) is 16.3. The number of hydrogen-bond donors (Lipinski definition) is 0. The average Bonchev–Trinajstić information content (AvgIpc) is 3.61. The maximum Gasteiger partial charge on any atom is 0.0543 e. The van der Waals surface area contributed by atoms with Gasteiger partial charge in [0.05, 0.1) is 5.69 Å². The van der Waals surface area contributed by atoms with Gasteiger partial charge in [0, 0.05) is 42.5 Å². The minimum atomic E-state index is -0.0696. The minimum Gasteiger partial charge on any atom is -0.310 e. The molecule has 1 aliphatic carbocycles. The van der Waals surface area contributed by atoms with Crippen LogP contribution in [0.2, 0.25) is 0 Å². The number of fused-ring (bicyclic) bond motifs is 6. The lowest BCUT2D eigenvalue weighted by Gasteiger charge is -2.29. The Labute approximate surface area is 280 Å². The molecule has 0 unspecified atom stereocenters. The highest BCUT2D eigenvalue weighted by Crippen LogP contribution is 2.54. The van der Waals surface area contributed by atoms with Crippen LogP contribution < -0.4 is 4.90 Å². The maximum absolute atomic E-state index is 2.44. The summed E-state index contributed by atoms with van der Waals surface area (Å²) in [7, 11) is 0. The van der Waals surface area contributed by atoms with Crippen LogP contribution in [0.3, 0.4) is 0 Å². The number of nitrogens with zero attached hydrogens (tertiary/aromatic N) is 1. The van der Waals surface area contributed by atoms with E-state index in [9.17, 15) is 0 Å². The fourth-order valence-electron chi connectivity index (χ4n) is 7.49. The van der Waals surface area contributed by atoms with Gasteiger partial charge in [-0.25, -0.2) is 0 Å². The predicted molar refractivity (Wildman–Crippen MR) is 202 cm³/mol. The first-order valence-corrected chi connectivity index (χ1v) is 17.1. The Hall–Kier alpha value is -5.44. The van der Waals surface area contributed by atoms with Gasteiger partial charge < -0.3 is 4.90 Å². The topological polar surface area (TPSA) is 3.24 Å². The molecule has 1 nitrogen and oxygen atoms in total. The molecule has 1 aromatic heterocycles. The zero-order valence-corrected chi connectivity index (χ0v) is 27.3. The molecule has 0 aliphatic heterocycles. The van der Waals surface area contributed by atoms with E-state index >= 15 is 0 Å². The van der Waals surface area contributed by atoms with Crippen molar-refractivity contribution in [3.05, 3.63) is 175 Å². The predicted octanol–water partition coefficient (Wildman–Crippen LogP) is 13.2. The highest BCUT2D eigenvalue weighted by molar-refractivity contribution is 7.25. The van der Waals surface area contributed by atoms with E-state index in [-0.39, 0.29) is 5.41 Å². The molecule has 2 heteroatoms. The first kappa shape index (κ1) is 27.8. The monoisotopic (exact) mass is 619 g/mol. The second kappa shape index (κ2) is 10.8. The van der Waals surface area contributed by atoms with E-state index in [1.165, 1.54) is 70.4 Å². The van der Waals surface area contributed by atoms with Gasteiger partial charge in [0.2, 0.25) is 0 Å². The third-order valence-electron chi connectivity index (χ3n) is 9.90. The van der Waals surface area contributed by atoms with E-state index in [0.717, 1.165) is 11.4 Å². The second-order valence-electron chi connectivity index (χ2n) is 13.0. The summed E-state index contributed by atoms with van der Waals surface area (Å²) in [6.07, 6.45) is 0. The summed E-state index contributed by atoms with van der Waals surface area (Å²) < 4.78 is 2.66. The zero-order chi connectivity index (χ0) is 31.5. The van der Waals surface area contributed by atoms with Crippen LogP contribution in [0.5, 0.6) is 0 Å². The number of thiophene rings is 1. The van der Waals surface area contributed by atoms with Crippen molar-refractivity contribution in [1.82, 2.24) is 0 Å². The summed E-state index contributed by atoms with van der Waals surface area (Å²) in [6.45, 7) is 4.70. The molecule has 0 amide bonds. The van der Waals surface area contributed by atoms with E-state index < -0.39 is 0 Å². The third-order valence-corrected chi connectivity index (χ3v) is 11.0. The number of hydrogen-bond acceptors (Lipinski definition) is 2. The van der Waals surface area contributed by atoms with E-state index in [4.69, 9.17) is 0 Å². The van der Waals surface area contributed by atoms with Gasteiger partial charge in [0.15, 0.2) is 0 Å². The first-order chi connectivity index (χ1) is 23.1. The van der Waals surface area contributed by atoms with Crippen LogP contribution in [-0.4, -0.2) is 0 Å². The van der Waals surface area contributed by atoms with Crippen molar-refractivity contribution >= 4 is 48.6 Å². The standard InChI is InChI=1S/C45H33NS/c1-45(2)39-15-8-6-14-38(39)44-40(45)16-10-17-41(44)46(34-24-19-31(20-25-34)30-11-4-3-5-12-30)35-26-21-32(22-27-35)33-23-28-37-36-13-7-9-18-42(36)47-43(37)29-33/h3-29H,1-2H3. The maximum atomic E-state index is 2.44. The number of benzene rings is 7. The molecular formula is C45H33NS. The van der Waals surface area contributed by atoms with Gasteiger partial charge >= 0.3 is 0 Å². The van der Waals surface area contributed by atoms with Gasteiger partial charge in [-0.15, -0.1) is 11.3 Å². The van der Waals surface area contributed by atoms with E-state index in [1.807, 2.05) is 11.3 Å². The number of anilines is 3. The van der Waals surface area contributed by atoms with Crippen LogP contribution in [0, 0.1) is 0 Å². The summed E-state index contributed by atoms with van der Waals surface area (Å²) in [5.74, 6) is 0. The fourth-order valence-corrected chi connectivity index (χ4v) is 8.64. The lowest BCUT2D eigenvalue weighted by molar-refractivity contribution is 0.660. The average molecular weight is 620 g/mol. The molecule has 0 saturated heterocycles. The Bertz CT molecular complexity index is 2410. The highest BCUT2D eigenvalue weighted by atomic mass is 32.1. The molecule has 0 radical (unpaired) electrons. The van der Waals surface area contributed by atoms with Crippen molar-refractivity contribution in [2.24, 2.45) is 0 Å². The Balaban J connectivity index is 1.18. The molecule has 0 bridgehead atoms. The van der Waals surface area contributed by atoms with Crippen molar-refractivity contribution in [3.8, 4) is 33.4 Å². The van der Waals surface area contributed by atoms with Gasteiger partial charge in [0.25, 0.3) is 0 Å². The smallest absolute Gasteiger partial charge is 0.0543 e. The Morgan fingerprint density at radius 2 is 1.02 bits per heavy atom. The molecular weight excluding hydrogens is 587 g/mol. The summed E-state index contributed by atoms with van der Waals surface area (Å²) in [6, 6.07) is 60.0. The van der Waals surface area contributed by atoms with Crippen LogP contribution in [-0.2, 0) is 5.41 Å². The van der Waals surface area contributed by atoms with Crippen LogP contribution in [0.15, 0.2) is 164 Å². The van der Waals surface area contributed by atoms with Crippen LogP contribution in [0.25, 0.3) is 53.6 Å². The molecule has 47 heavy (non-hydrogen) atoms. The molecule has 8 aromatic rings. The van der Waals surface area contributed by atoms with E-state index in [2.05, 4.69) is 183 Å². The molecule has 224 valence electrons. The van der Waals surface area contributed by atoms with E-state index in [1.54, 1.807) is 0 Å². The lowest BCUT2D eigenvalue weighted by atomic mass is 9.82. The Kier molecular flexibility index (Phi) is 6.41. The third kappa shape index (κ3) is 4.52. The Morgan fingerprint density at radius 3 is 1.79 bits per heavy atom. The van der Waals surface area contributed by atoms with Gasteiger partial charge in [-0.1, -0.05) is 135 Å². The molecule has 0 saturated carbocycles.